The number of carbonyl (C=O) groups is 2. The van der Waals surface area contributed by atoms with Crippen LogP contribution in [0.15, 0.2) is 46.7 Å². The molecule has 1 aromatic heterocycles. The SMILES string of the molecule is CCC(C(=O)O)N(CC1CCNCC1)C(=O)c1csc(COc2ccc(-c3cc(F)c(F)cc3SC)cc2)n1.Cl. The lowest BCUT2D eigenvalue weighted by atomic mass is 9.96. The average Bonchev–Trinajstić information content (AvgIpc) is 3.42. The molecule has 0 aliphatic carbocycles. The predicted octanol–water partition coefficient (Wildman–Crippen LogP) is 6.12. The lowest BCUT2D eigenvalue weighted by Gasteiger charge is -2.33. The fourth-order valence-electron chi connectivity index (χ4n) is 4.64. The Labute approximate surface area is 246 Å². The molecule has 1 unspecified atom stereocenters. The minimum absolute atomic E-state index is 0. The van der Waals surface area contributed by atoms with Crippen molar-refractivity contribution >= 4 is 47.4 Å². The van der Waals surface area contributed by atoms with Crippen molar-refractivity contribution < 1.29 is 28.2 Å². The summed E-state index contributed by atoms with van der Waals surface area (Å²) in [6.07, 6.45) is 3.90. The number of hydrogen-bond donors (Lipinski definition) is 2. The molecule has 0 radical (unpaired) electrons. The van der Waals surface area contributed by atoms with Gasteiger partial charge >= 0.3 is 5.97 Å². The molecule has 2 aromatic carbocycles. The molecule has 1 atom stereocenters. The number of rotatable bonds is 11. The summed E-state index contributed by atoms with van der Waals surface area (Å²) >= 11 is 2.61. The van der Waals surface area contributed by atoms with Crippen molar-refractivity contribution in [2.24, 2.45) is 5.92 Å². The highest BCUT2D eigenvalue weighted by atomic mass is 35.5. The lowest BCUT2D eigenvalue weighted by molar-refractivity contribution is -0.142. The van der Waals surface area contributed by atoms with Crippen molar-refractivity contribution in [2.45, 2.75) is 43.7 Å². The first-order valence-corrected chi connectivity index (χ1v) is 14.9. The number of thiazole rings is 1. The number of piperidine rings is 1. The molecule has 7 nitrogen and oxygen atoms in total. The normalized spacial score (nSPS) is 14.3. The third kappa shape index (κ3) is 7.72. The summed E-state index contributed by atoms with van der Waals surface area (Å²) in [6, 6.07) is 8.48. The number of ether oxygens (including phenoxy) is 1. The molecule has 1 aliphatic rings. The summed E-state index contributed by atoms with van der Waals surface area (Å²) < 4.78 is 33.3. The third-order valence-corrected chi connectivity index (χ3v) is 8.36. The largest absolute Gasteiger partial charge is 0.486 e. The number of thioether (sulfide) groups is 1. The van der Waals surface area contributed by atoms with E-state index in [-0.39, 0.29) is 36.5 Å². The average molecular weight is 612 g/mol. The van der Waals surface area contributed by atoms with Crippen LogP contribution in [0.4, 0.5) is 8.78 Å². The van der Waals surface area contributed by atoms with Gasteiger partial charge in [0.05, 0.1) is 0 Å². The van der Waals surface area contributed by atoms with Gasteiger partial charge in [0.15, 0.2) is 11.6 Å². The molecule has 216 valence electrons. The molecule has 1 saturated heterocycles. The maximum Gasteiger partial charge on any atom is 0.326 e. The van der Waals surface area contributed by atoms with E-state index in [1.807, 2.05) is 0 Å². The van der Waals surface area contributed by atoms with E-state index in [1.165, 1.54) is 40.1 Å². The number of halogens is 3. The second kappa shape index (κ2) is 14.8. The number of benzene rings is 2. The maximum atomic E-state index is 13.8. The summed E-state index contributed by atoms with van der Waals surface area (Å²) in [5.74, 6) is -2.39. The summed E-state index contributed by atoms with van der Waals surface area (Å²) in [4.78, 5) is 31.8. The van der Waals surface area contributed by atoms with E-state index in [0.29, 0.717) is 34.2 Å². The van der Waals surface area contributed by atoms with Crippen LogP contribution in [-0.2, 0) is 11.4 Å². The van der Waals surface area contributed by atoms with Crippen molar-refractivity contribution in [3.8, 4) is 16.9 Å². The molecule has 1 aliphatic heterocycles. The Morgan fingerprint density at radius 3 is 2.50 bits per heavy atom. The Hall–Kier alpha value is -2.73. The molecule has 0 saturated carbocycles. The van der Waals surface area contributed by atoms with Crippen molar-refractivity contribution in [1.29, 1.82) is 0 Å². The Morgan fingerprint density at radius 2 is 1.88 bits per heavy atom. The first-order chi connectivity index (χ1) is 18.8. The monoisotopic (exact) mass is 611 g/mol. The van der Waals surface area contributed by atoms with Crippen LogP contribution >= 0.6 is 35.5 Å². The summed E-state index contributed by atoms with van der Waals surface area (Å²) in [5, 5.41) is 15.3. The van der Waals surface area contributed by atoms with Gasteiger partial charge in [-0.3, -0.25) is 4.79 Å². The lowest BCUT2D eigenvalue weighted by Crippen LogP contribution is -2.48. The van der Waals surface area contributed by atoms with Crippen molar-refractivity contribution in [1.82, 2.24) is 15.2 Å². The van der Waals surface area contributed by atoms with E-state index in [1.54, 1.807) is 42.8 Å². The topological polar surface area (TPSA) is 91.8 Å². The number of nitrogens with one attached hydrogen (secondary N) is 1. The fourth-order valence-corrected chi connectivity index (χ4v) is 5.94. The van der Waals surface area contributed by atoms with Crippen LogP contribution in [0.2, 0.25) is 0 Å². The molecule has 1 amide bonds. The smallest absolute Gasteiger partial charge is 0.326 e. The van der Waals surface area contributed by atoms with Crippen molar-refractivity contribution in [3.63, 3.8) is 0 Å². The number of hydrogen-bond acceptors (Lipinski definition) is 7. The van der Waals surface area contributed by atoms with Crippen molar-refractivity contribution in [2.75, 3.05) is 25.9 Å². The van der Waals surface area contributed by atoms with Gasteiger partial charge in [0.2, 0.25) is 0 Å². The van der Waals surface area contributed by atoms with Crippen LogP contribution in [-0.4, -0.2) is 58.8 Å². The Kier molecular flexibility index (Phi) is 11.7. The number of carbonyl (C=O) groups excluding carboxylic acids is 1. The van der Waals surface area contributed by atoms with Crippen LogP contribution < -0.4 is 10.1 Å². The molecule has 3 aromatic rings. The van der Waals surface area contributed by atoms with Crippen LogP contribution in [0.5, 0.6) is 5.75 Å². The zero-order valence-electron chi connectivity index (χ0n) is 22.2. The van der Waals surface area contributed by atoms with E-state index in [2.05, 4.69) is 10.3 Å². The number of carboxylic acids is 1. The van der Waals surface area contributed by atoms with Gasteiger partial charge in [-0.25, -0.2) is 18.6 Å². The van der Waals surface area contributed by atoms with Gasteiger partial charge in [0.1, 0.15) is 29.1 Å². The van der Waals surface area contributed by atoms with Gasteiger partial charge in [-0.15, -0.1) is 35.5 Å². The molecule has 40 heavy (non-hydrogen) atoms. The molecule has 0 bridgehead atoms. The second-order valence-corrected chi connectivity index (χ2v) is 11.1. The van der Waals surface area contributed by atoms with Gasteiger partial charge in [-0.1, -0.05) is 19.1 Å². The van der Waals surface area contributed by atoms with Crippen LogP contribution in [0.25, 0.3) is 11.1 Å². The standard InChI is InChI=1S/C28H31F2N3O4S2.ClH/c1-3-24(28(35)36)33(14-17-8-10-31-11-9-17)27(34)23-16-39-26(32-23)15-37-19-6-4-18(5-7-19)20-12-21(29)22(30)13-25(20)38-2;/h4-7,12-13,16-17,24,31H,3,8-11,14-15H2,1-2H3,(H,35,36);1H. The molecule has 12 heteroatoms. The zero-order chi connectivity index (χ0) is 27.9. The highest BCUT2D eigenvalue weighted by molar-refractivity contribution is 7.98. The van der Waals surface area contributed by atoms with E-state index < -0.39 is 23.6 Å². The van der Waals surface area contributed by atoms with Gasteiger partial charge in [-0.2, -0.15) is 0 Å². The van der Waals surface area contributed by atoms with Crippen LogP contribution in [0.3, 0.4) is 0 Å². The maximum absolute atomic E-state index is 13.8. The highest BCUT2D eigenvalue weighted by Crippen LogP contribution is 2.33. The van der Waals surface area contributed by atoms with Crippen LogP contribution in [0.1, 0.15) is 41.7 Å². The Morgan fingerprint density at radius 1 is 1.20 bits per heavy atom. The van der Waals surface area contributed by atoms with Gasteiger partial charge in [-0.05, 0) is 79.9 Å². The number of carboxylic acid groups (broad SMARTS) is 1. The minimum atomic E-state index is -1.02. The minimum Gasteiger partial charge on any atom is -0.486 e. The quantitative estimate of drug-likeness (QED) is 0.253. The number of aliphatic carboxylic acids is 1. The van der Waals surface area contributed by atoms with E-state index in [9.17, 15) is 23.5 Å². The first kappa shape index (κ1) is 31.8. The second-order valence-electron chi connectivity index (χ2n) is 9.32. The molecule has 2 N–H and O–H groups in total. The summed E-state index contributed by atoms with van der Waals surface area (Å²) in [7, 11) is 0. The van der Waals surface area contributed by atoms with Crippen molar-refractivity contribution in [3.05, 3.63) is 64.1 Å². The fraction of sp³-hybridized carbons (Fsp3) is 0.393. The first-order valence-electron chi connectivity index (χ1n) is 12.8. The number of nitrogens with zero attached hydrogens (tertiary/aromatic N) is 2. The highest BCUT2D eigenvalue weighted by Gasteiger charge is 2.32. The Balaban J connectivity index is 0.00000441. The zero-order valence-corrected chi connectivity index (χ0v) is 24.6. The molecule has 1 fully saturated rings. The van der Waals surface area contributed by atoms with Gasteiger partial charge in [0.25, 0.3) is 5.91 Å². The molecule has 2 heterocycles. The van der Waals surface area contributed by atoms with Gasteiger partial charge < -0.3 is 20.1 Å². The Bertz CT molecular complexity index is 1300. The molecular formula is C28H32ClF2N3O4S2. The van der Waals surface area contributed by atoms with E-state index in [0.717, 1.165) is 31.5 Å². The molecular weight excluding hydrogens is 580 g/mol. The van der Waals surface area contributed by atoms with Crippen LogP contribution in [0, 0.1) is 17.6 Å². The number of amides is 1. The summed E-state index contributed by atoms with van der Waals surface area (Å²) in [6.45, 7) is 3.99. The third-order valence-electron chi connectivity index (χ3n) is 6.76. The van der Waals surface area contributed by atoms with E-state index >= 15 is 0 Å². The molecule has 0 spiro atoms. The summed E-state index contributed by atoms with van der Waals surface area (Å²) in [5.41, 5.74) is 1.54. The molecule has 4 rings (SSSR count). The number of aromatic nitrogens is 1. The van der Waals surface area contributed by atoms with Gasteiger partial charge in [0, 0.05) is 16.8 Å². The van der Waals surface area contributed by atoms with E-state index in [4.69, 9.17) is 4.74 Å². The predicted molar refractivity (Wildman–Crippen MR) is 156 cm³/mol.